The zero-order valence-electron chi connectivity index (χ0n) is 8.98. The summed E-state index contributed by atoms with van der Waals surface area (Å²) in [4.78, 5) is 0. The number of benzene rings is 2. The molecule has 0 aliphatic carbocycles. The molecule has 0 aliphatic heterocycles. The van der Waals surface area contributed by atoms with Gasteiger partial charge in [-0.1, -0.05) is 74.5 Å². The average Bonchev–Trinajstić information content (AvgIpc) is 2.33. The first kappa shape index (κ1) is 14.5. The lowest BCUT2D eigenvalue weighted by Crippen LogP contribution is -1.85. The summed E-state index contributed by atoms with van der Waals surface area (Å²) in [6.45, 7) is 0. The first-order valence-corrected chi connectivity index (χ1v) is 7.65. The maximum absolute atomic E-state index is 6.17. The van der Waals surface area contributed by atoms with Crippen molar-refractivity contribution in [3.05, 3.63) is 56.0 Å². The van der Waals surface area contributed by atoms with E-state index in [9.17, 15) is 0 Å². The molecule has 0 fully saturated rings. The molecule has 0 radical (unpaired) electrons. The Balaban J connectivity index is 2.55. The highest BCUT2D eigenvalue weighted by Gasteiger charge is 2.09. The molecule has 0 aromatic heterocycles. The predicted octanol–water partition coefficient (Wildman–Crippen LogP) is 6.86. The molecule has 2 aromatic carbocycles. The van der Waals surface area contributed by atoms with Crippen molar-refractivity contribution >= 4 is 62.3 Å². The highest BCUT2D eigenvalue weighted by Crippen LogP contribution is 2.36. The van der Waals surface area contributed by atoms with Crippen LogP contribution in [0.25, 0.3) is 11.1 Å². The third kappa shape index (κ3) is 2.97. The standard InChI is InChI=1S/C13H7BrCl4/c14-6-8-2-1-7(3-10(8)15)9-4-12(17)13(18)5-11(9)16/h1-5H,6H2. The largest absolute Gasteiger partial charge is 0.0876 e. The molecule has 0 aliphatic rings. The molecule has 2 rings (SSSR count). The van der Waals surface area contributed by atoms with Crippen LogP contribution in [0.15, 0.2) is 30.3 Å². The van der Waals surface area contributed by atoms with Crippen molar-refractivity contribution in [3.63, 3.8) is 0 Å². The summed E-state index contributed by atoms with van der Waals surface area (Å²) in [6.07, 6.45) is 0. The van der Waals surface area contributed by atoms with Gasteiger partial charge in [-0.25, -0.2) is 0 Å². The molecule has 94 valence electrons. The Labute approximate surface area is 134 Å². The van der Waals surface area contributed by atoms with Gasteiger partial charge in [0.25, 0.3) is 0 Å². The van der Waals surface area contributed by atoms with Crippen molar-refractivity contribution < 1.29 is 0 Å². The topological polar surface area (TPSA) is 0 Å². The van der Waals surface area contributed by atoms with Crippen molar-refractivity contribution in [3.8, 4) is 11.1 Å². The van der Waals surface area contributed by atoms with Gasteiger partial charge in [0.2, 0.25) is 0 Å². The van der Waals surface area contributed by atoms with Crippen LogP contribution >= 0.6 is 62.3 Å². The Morgan fingerprint density at radius 1 is 0.778 bits per heavy atom. The molecule has 2 aromatic rings. The molecule has 0 heterocycles. The van der Waals surface area contributed by atoms with E-state index in [0.29, 0.717) is 25.4 Å². The minimum Gasteiger partial charge on any atom is -0.0876 e. The summed E-state index contributed by atoms with van der Waals surface area (Å²) < 4.78 is 0. The van der Waals surface area contributed by atoms with Crippen LogP contribution in [0, 0.1) is 0 Å². The second kappa shape index (κ2) is 6.02. The molecule has 5 heteroatoms. The molecule has 0 saturated carbocycles. The Bertz CT molecular complexity index is 596. The Hall–Kier alpha value is 0.0800. The quantitative estimate of drug-likeness (QED) is 0.391. The van der Waals surface area contributed by atoms with Gasteiger partial charge in [-0.05, 0) is 29.3 Å². The van der Waals surface area contributed by atoms with Crippen LogP contribution in [-0.4, -0.2) is 0 Å². The van der Waals surface area contributed by atoms with Gasteiger partial charge in [0.1, 0.15) is 0 Å². The van der Waals surface area contributed by atoms with Crippen LogP contribution in [0.1, 0.15) is 5.56 Å². The summed E-state index contributed by atoms with van der Waals surface area (Å²) in [6, 6.07) is 9.14. The van der Waals surface area contributed by atoms with E-state index in [2.05, 4.69) is 15.9 Å². The molecule has 0 unspecified atom stereocenters. The normalized spacial score (nSPS) is 10.7. The molecule has 0 amide bonds. The van der Waals surface area contributed by atoms with Crippen LogP contribution < -0.4 is 0 Å². The number of alkyl halides is 1. The van der Waals surface area contributed by atoms with Crippen molar-refractivity contribution in [1.82, 2.24) is 0 Å². The average molecular weight is 385 g/mol. The molecule has 0 atom stereocenters. The van der Waals surface area contributed by atoms with Crippen molar-refractivity contribution in [2.75, 3.05) is 0 Å². The first-order chi connectivity index (χ1) is 8.52. The highest BCUT2D eigenvalue weighted by atomic mass is 79.9. The highest BCUT2D eigenvalue weighted by molar-refractivity contribution is 9.08. The Morgan fingerprint density at radius 2 is 1.44 bits per heavy atom. The minimum absolute atomic E-state index is 0.439. The summed E-state index contributed by atoms with van der Waals surface area (Å²) in [5.74, 6) is 0. The predicted molar refractivity (Wildman–Crippen MR) is 84.5 cm³/mol. The van der Waals surface area contributed by atoms with Crippen LogP contribution in [0.4, 0.5) is 0 Å². The van der Waals surface area contributed by atoms with Gasteiger partial charge in [0.15, 0.2) is 0 Å². The number of hydrogen-bond acceptors (Lipinski definition) is 0. The zero-order valence-corrected chi connectivity index (χ0v) is 13.6. The second-order valence-electron chi connectivity index (χ2n) is 3.69. The van der Waals surface area contributed by atoms with E-state index in [0.717, 1.165) is 16.7 Å². The lowest BCUT2D eigenvalue weighted by atomic mass is 10.0. The van der Waals surface area contributed by atoms with Gasteiger partial charge in [0.05, 0.1) is 10.0 Å². The van der Waals surface area contributed by atoms with Crippen LogP contribution in [0.5, 0.6) is 0 Å². The molecule has 18 heavy (non-hydrogen) atoms. The van der Waals surface area contributed by atoms with E-state index in [4.69, 9.17) is 46.4 Å². The maximum Gasteiger partial charge on any atom is 0.0607 e. The minimum atomic E-state index is 0.439. The lowest BCUT2D eigenvalue weighted by molar-refractivity contribution is 1.43. The molecule has 0 N–H and O–H groups in total. The monoisotopic (exact) mass is 382 g/mol. The third-order valence-electron chi connectivity index (χ3n) is 2.52. The first-order valence-electron chi connectivity index (χ1n) is 5.02. The van der Waals surface area contributed by atoms with E-state index in [1.54, 1.807) is 12.1 Å². The fourth-order valence-corrected chi connectivity index (χ4v) is 3.12. The van der Waals surface area contributed by atoms with E-state index < -0.39 is 0 Å². The SMILES string of the molecule is Clc1cc(Cl)c(-c2ccc(CBr)c(Cl)c2)cc1Cl. The van der Waals surface area contributed by atoms with Gasteiger partial charge >= 0.3 is 0 Å². The fraction of sp³-hybridized carbons (Fsp3) is 0.0769. The summed E-state index contributed by atoms with van der Waals surface area (Å²) >= 11 is 27.6. The smallest absolute Gasteiger partial charge is 0.0607 e. The fourth-order valence-electron chi connectivity index (χ4n) is 1.57. The molecular formula is C13H7BrCl4. The molecule has 0 bridgehead atoms. The van der Waals surface area contributed by atoms with Crippen molar-refractivity contribution in [1.29, 1.82) is 0 Å². The molecule has 0 saturated heterocycles. The lowest BCUT2D eigenvalue weighted by Gasteiger charge is -2.09. The number of hydrogen-bond donors (Lipinski definition) is 0. The number of rotatable bonds is 2. The van der Waals surface area contributed by atoms with Crippen molar-refractivity contribution in [2.24, 2.45) is 0 Å². The Kier molecular flexibility index (Phi) is 4.85. The Morgan fingerprint density at radius 3 is 2.06 bits per heavy atom. The van der Waals surface area contributed by atoms with E-state index in [1.165, 1.54) is 0 Å². The van der Waals surface area contributed by atoms with Gasteiger partial charge in [-0.2, -0.15) is 0 Å². The van der Waals surface area contributed by atoms with Gasteiger partial charge in [-0.3, -0.25) is 0 Å². The van der Waals surface area contributed by atoms with Gasteiger partial charge in [-0.15, -0.1) is 0 Å². The van der Waals surface area contributed by atoms with Crippen LogP contribution in [-0.2, 0) is 5.33 Å². The molecule has 0 spiro atoms. The number of halogens is 5. The second-order valence-corrected chi connectivity index (χ2v) is 5.88. The third-order valence-corrected chi connectivity index (χ3v) is 4.51. The summed E-state index contributed by atoms with van der Waals surface area (Å²) in [7, 11) is 0. The summed E-state index contributed by atoms with van der Waals surface area (Å²) in [5, 5.41) is 2.85. The van der Waals surface area contributed by atoms with Crippen LogP contribution in [0.2, 0.25) is 20.1 Å². The maximum atomic E-state index is 6.17. The van der Waals surface area contributed by atoms with E-state index in [-0.39, 0.29) is 0 Å². The van der Waals surface area contributed by atoms with Gasteiger partial charge < -0.3 is 0 Å². The molecule has 0 nitrogen and oxygen atoms in total. The van der Waals surface area contributed by atoms with Crippen LogP contribution in [0.3, 0.4) is 0 Å². The van der Waals surface area contributed by atoms with E-state index in [1.807, 2.05) is 18.2 Å². The molecular weight excluding hydrogens is 378 g/mol. The summed E-state index contributed by atoms with van der Waals surface area (Å²) in [5.41, 5.74) is 2.75. The van der Waals surface area contributed by atoms with E-state index >= 15 is 0 Å². The van der Waals surface area contributed by atoms with Crippen molar-refractivity contribution in [2.45, 2.75) is 5.33 Å². The van der Waals surface area contributed by atoms with Gasteiger partial charge in [0, 0.05) is 20.9 Å². The zero-order chi connectivity index (χ0) is 13.3.